The molecule has 0 bridgehead atoms. The Hall–Kier alpha value is -1.56. The van der Waals surface area contributed by atoms with Crippen LogP contribution in [0.2, 0.25) is 10.0 Å². The topological polar surface area (TPSA) is 47.4 Å². The number of imidazole rings is 1. The van der Waals surface area contributed by atoms with Crippen LogP contribution >= 0.6 is 23.2 Å². The molecule has 3 rings (SSSR count). The number of amides is 1. The van der Waals surface area contributed by atoms with Gasteiger partial charge in [0.2, 0.25) is 5.91 Å². The molecule has 26 heavy (non-hydrogen) atoms. The number of hydrogen-bond acceptors (Lipinski definition) is 3. The van der Waals surface area contributed by atoms with E-state index in [1.54, 1.807) is 12.3 Å². The van der Waals surface area contributed by atoms with Crippen LogP contribution in [0.4, 0.5) is 0 Å². The summed E-state index contributed by atoms with van der Waals surface area (Å²) >= 11 is 12.3. The van der Waals surface area contributed by atoms with Crippen LogP contribution in [0.25, 0.3) is 0 Å². The Bertz CT molecular complexity index is 757. The zero-order valence-corrected chi connectivity index (χ0v) is 16.3. The van der Waals surface area contributed by atoms with Crippen LogP contribution in [0.15, 0.2) is 30.6 Å². The number of carbonyl (C=O) groups is 1. The van der Waals surface area contributed by atoms with Gasteiger partial charge in [0.05, 0.1) is 19.2 Å². The molecule has 1 atom stereocenters. The Morgan fingerprint density at radius 1 is 1.42 bits per heavy atom. The molecule has 2 heterocycles. The summed E-state index contributed by atoms with van der Waals surface area (Å²) in [5, 5.41) is 1.24. The molecular weight excluding hydrogens is 373 g/mol. The van der Waals surface area contributed by atoms with E-state index < -0.39 is 0 Å². The van der Waals surface area contributed by atoms with Crippen molar-refractivity contribution in [3.8, 4) is 0 Å². The summed E-state index contributed by atoms with van der Waals surface area (Å²) in [4.78, 5) is 18.7. The molecule has 1 fully saturated rings. The third-order valence-electron chi connectivity index (χ3n) is 4.59. The van der Waals surface area contributed by atoms with E-state index in [4.69, 9.17) is 27.9 Å². The van der Waals surface area contributed by atoms with Crippen molar-refractivity contribution in [2.45, 2.75) is 45.4 Å². The average molecular weight is 396 g/mol. The fourth-order valence-electron chi connectivity index (χ4n) is 3.15. The highest BCUT2D eigenvalue weighted by Gasteiger charge is 2.23. The van der Waals surface area contributed by atoms with E-state index in [2.05, 4.69) is 4.98 Å². The molecule has 0 N–H and O–H groups in total. The zero-order valence-electron chi connectivity index (χ0n) is 14.8. The van der Waals surface area contributed by atoms with Gasteiger partial charge >= 0.3 is 0 Å². The molecule has 5 nitrogen and oxygen atoms in total. The minimum atomic E-state index is 0.111. The maximum atomic E-state index is 12.4. The van der Waals surface area contributed by atoms with Crippen molar-refractivity contribution in [3.05, 3.63) is 52.0 Å². The molecule has 0 spiro atoms. The fraction of sp³-hybridized carbons (Fsp3) is 0.474. The van der Waals surface area contributed by atoms with E-state index >= 15 is 0 Å². The number of benzene rings is 1. The lowest BCUT2D eigenvalue weighted by atomic mass is 10.2. The first-order chi connectivity index (χ1) is 12.6. The van der Waals surface area contributed by atoms with E-state index in [1.165, 1.54) is 0 Å². The average Bonchev–Trinajstić information content (AvgIpc) is 3.28. The van der Waals surface area contributed by atoms with E-state index in [0.717, 1.165) is 30.8 Å². The second-order valence-corrected chi connectivity index (χ2v) is 7.31. The van der Waals surface area contributed by atoms with Gasteiger partial charge in [0.15, 0.2) is 0 Å². The molecule has 1 aliphatic heterocycles. The predicted octanol–water partition coefficient (Wildman–Crippen LogP) is 4.16. The summed E-state index contributed by atoms with van der Waals surface area (Å²) in [7, 11) is 0. The van der Waals surface area contributed by atoms with Crippen molar-refractivity contribution in [3.63, 3.8) is 0 Å². The Kier molecular flexibility index (Phi) is 6.57. The molecule has 140 valence electrons. The van der Waals surface area contributed by atoms with Gasteiger partial charge < -0.3 is 14.2 Å². The number of aromatic nitrogens is 2. The maximum Gasteiger partial charge on any atom is 0.222 e. The predicted molar refractivity (Wildman–Crippen MR) is 102 cm³/mol. The van der Waals surface area contributed by atoms with E-state index in [-0.39, 0.29) is 12.0 Å². The molecule has 1 amide bonds. The lowest BCUT2D eigenvalue weighted by molar-refractivity contribution is -0.133. The molecule has 0 radical (unpaired) electrons. The van der Waals surface area contributed by atoms with Crippen LogP contribution in [0.5, 0.6) is 0 Å². The summed E-state index contributed by atoms with van der Waals surface area (Å²) in [6.45, 7) is 4.32. The molecule has 0 saturated carbocycles. The second-order valence-electron chi connectivity index (χ2n) is 6.47. The van der Waals surface area contributed by atoms with Crippen molar-refractivity contribution in [2.75, 3.05) is 13.2 Å². The Morgan fingerprint density at radius 2 is 2.27 bits per heavy atom. The number of hydrogen-bond donors (Lipinski definition) is 0. The molecule has 2 aromatic rings. The fourth-order valence-corrected chi connectivity index (χ4v) is 3.62. The molecule has 0 aliphatic carbocycles. The van der Waals surface area contributed by atoms with Crippen molar-refractivity contribution in [1.29, 1.82) is 0 Å². The Labute approximate surface area is 163 Å². The third-order valence-corrected chi connectivity index (χ3v) is 5.18. The monoisotopic (exact) mass is 395 g/mol. The standard InChI is InChI=1S/C19H23Cl2N3O2/c1-2-19(25)24(12-16-4-3-9-26-16)13-18-22-7-8-23(18)11-14-5-6-15(20)10-17(14)21/h5-8,10,16H,2-4,9,11-13H2,1H3/t16-/m1/s1. The van der Waals surface area contributed by atoms with Crippen LogP contribution in [-0.2, 0) is 22.6 Å². The SMILES string of the molecule is CCC(=O)N(Cc1nccn1Cc1ccc(Cl)cc1Cl)C[C@H]1CCCO1. The number of ether oxygens (including phenoxy) is 1. The maximum absolute atomic E-state index is 12.4. The highest BCUT2D eigenvalue weighted by atomic mass is 35.5. The van der Waals surface area contributed by atoms with Crippen LogP contribution in [0.1, 0.15) is 37.6 Å². The third kappa shape index (κ3) is 4.78. The van der Waals surface area contributed by atoms with Crippen molar-refractivity contribution in [1.82, 2.24) is 14.5 Å². The Morgan fingerprint density at radius 3 is 2.96 bits per heavy atom. The summed E-state index contributed by atoms with van der Waals surface area (Å²) < 4.78 is 7.71. The van der Waals surface area contributed by atoms with Gasteiger partial charge in [0, 0.05) is 42.0 Å². The van der Waals surface area contributed by atoms with E-state index in [9.17, 15) is 4.79 Å². The molecule has 7 heteroatoms. The van der Waals surface area contributed by atoms with Gasteiger partial charge in [-0.05, 0) is 30.5 Å². The number of nitrogens with zero attached hydrogens (tertiary/aromatic N) is 3. The molecule has 1 aromatic carbocycles. The van der Waals surface area contributed by atoms with Gasteiger partial charge in [-0.3, -0.25) is 4.79 Å². The highest BCUT2D eigenvalue weighted by Crippen LogP contribution is 2.22. The molecule has 1 saturated heterocycles. The lowest BCUT2D eigenvalue weighted by Crippen LogP contribution is -2.37. The van der Waals surface area contributed by atoms with Gasteiger partial charge in [0.1, 0.15) is 5.82 Å². The van der Waals surface area contributed by atoms with E-state index in [1.807, 2.05) is 34.7 Å². The lowest BCUT2D eigenvalue weighted by Gasteiger charge is -2.25. The normalized spacial score (nSPS) is 16.8. The summed E-state index contributed by atoms with van der Waals surface area (Å²) in [6, 6.07) is 5.47. The molecule has 1 aromatic heterocycles. The van der Waals surface area contributed by atoms with E-state index in [0.29, 0.717) is 36.1 Å². The quantitative estimate of drug-likeness (QED) is 0.706. The van der Waals surface area contributed by atoms with Gasteiger partial charge in [-0.1, -0.05) is 36.2 Å². The van der Waals surface area contributed by atoms with Gasteiger partial charge in [-0.15, -0.1) is 0 Å². The first kappa shape index (κ1) is 19.2. The van der Waals surface area contributed by atoms with Crippen LogP contribution in [0.3, 0.4) is 0 Å². The van der Waals surface area contributed by atoms with Crippen LogP contribution < -0.4 is 0 Å². The van der Waals surface area contributed by atoms with Crippen molar-refractivity contribution >= 4 is 29.1 Å². The van der Waals surface area contributed by atoms with Gasteiger partial charge in [-0.2, -0.15) is 0 Å². The molecular formula is C19H23Cl2N3O2. The van der Waals surface area contributed by atoms with Crippen molar-refractivity contribution in [2.24, 2.45) is 0 Å². The zero-order chi connectivity index (χ0) is 18.5. The minimum Gasteiger partial charge on any atom is -0.376 e. The van der Waals surface area contributed by atoms with Gasteiger partial charge in [-0.25, -0.2) is 4.98 Å². The second kappa shape index (κ2) is 8.89. The van der Waals surface area contributed by atoms with Gasteiger partial charge in [0.25, 0.3) is 0 Å². The molecule has 0 unspecified atom stereocenters. The van der Waals surface area contributed by atoms with Crippen LogP contribution in [-0.4, -0.2) is 39.6 Å². The van der Waals surface area contributed by atoms with Crippen LogP contribution in [0, 0.1) is 0 Å². The Balaban J connectivity index is 1.73. The summed E-state index contributed by atoms with van der Waals surface area (Å²) in [5.41, 5.74) is 0.961. The molecule has 1 aliphatic rings. The first-order valence-corrected chi connectivity index (χ1v) is 9.65. The van der Waals surface area contributed by atoms with Crippen molar-refractivity contribution < 1.29 is 9.53 Å². The highest BCUT2D eigenvalue weighted by molar-refractivity contribution is 6.35. The summed E-state index contributed by atoms with van der Waals surface area (Å²) in [6.07, 6.45) is 6.31. The number of carbonyl (C=O) groups excluding carboxylic acids is 1. The number of halogens is 2. The summed E-state index contributed by atoms with van der Waals surface area (Å²) in [5.74, 6) is 0.940. The first-order valence-electron chi connectivity index (χ1n) is 8.90. The minimum absolute atomic E-state index is 0.111. The number of rotatable bonds is 7. The largest absolute Gasteiger partial charge is 0.376 e. The smallest absolute Gasteiger partial charge is 0.222 e.